The third-order valence-electron chi connectivity index (χ3n) is 5.38. The molecule has 2 aliphatic rings. The Balaban J connectivity index is 1.64. The average Bonchev–Trinajstić information content (AvgIpc) is 3.20. The molecule has 0 aromatic heterocycles. The number of benzene rings is 3. The first-order chi connectivity index (χ1) is 14.5. The van der Waals surface area contributed by atoms with E-state index >= 15 is 0 Å². The number of nitrogens with zero attached hydrogens (tertiary/aromatic N) is 2. The van der Waals surface area contributed by atoms with Crippen LogP contribution >= 0.6 is 11.8 Å². The van der Waals surface area contributed by atoms with Gasteiger partial charge in [-0.05, 0) is 48.0 Å². The van der Waals surface area contributed by atoms with Crippen LogP contribution in [0.25, 0.3) is 0 Å². The molecular formula is C23H16F2N2O2S. The predicted octanol–water partition coefficient (Wildman–Crippen LogP) is 4.44. The zero-order valence-corrected chi connectivity index (χ0v) is 16.5. The van der Waals surface area contributed by atoms with Crippen molar-refractivity contribution in [3.05, 3.63) is 95.6 Å². The first kappa shape index (κ1) is 18.8. The summed E-state index contributed by atoms with van der Waals surface area (Å²) in [7, 11) is 0. The smallest absolute Gasteiger partial charge is 0.269 e. The highest BCUT2D eigenvalue weighted by atomic mass is 32.2. The second-order valence-electron chi connectivity index (χ2n) is 7.18. The standard InChI is InChI=1S/C23H16F2N2O2S/c24-16-8-10-18(11-9-16)27-21(28)14-30-23(27)19-6-1-2-7-20(19)26(22(23)29)13-15-4-3-5-17(25)12-15/h1-12H,13-14H2. The summed E-state index contributed by atoms with van der Waals surface area (Å²) in [4.78, 5) is 28.5. The number of hydrogen-bond donors (Lipinski definition) is 0. The van der Waals surface area contributed by atoms with Crippen molar-refractivity contribution in [1.29, 1.82) is 0 Å². The summed E-state index contributed by atoms with van der Waals surface area (Å²) >= 11 is 1.25. The predicted molar refractivity (Wildman–Crippen MR) is 112 cm³/mol. The molecule has 3 aromatic carbocycles. The van der Waals surface area contributed by atoms with E-state index in [1.165, 1.54) is 53.1 Å². The van der Waals surface area contributed by atoms with Gasteiger partial charge in [0.25, 0.3) is 5.91 Å². The molecule has 4 nitrogen and oxygen atoms in total. The van der Waals surface area contributed by atoms with E-state index in [0.29, 0.717) is 22.5 Å². The zero-order valence-electron chi connectivity index (χ0n) is 15.7. The number of rotatable bonds is 3. The number of carbonyl (C=O) groups is 2. The van der Waals surface area contributed by atoms with Crippen LogP contribution in [0.3, 0.4) is 0 Å². The van der Waals surface area contributed by atoms with Crippen molar-refractivity contribution in [3.63, 3.8) is 0 Å². The molecule has 2 heterocycles. The molecular weight excluding hydrogens is 406 g/mol. The Morgan fingerprint density at radius 3 is 2.43 bits per heavy atom. The fourth-order valence-electron chi connectivity index (χ4n) is 4.12. The SMILES string of the molecule is O=C1CSC2(C(=O)N(Cc3cccc(F)c3)c3ccccc32)N1c1ccc(F)cc1. The third kappa shape index (κ3) is 2.73. The van der Waals surface area contributed by atoms with Crippen molar-refractivity contribution >= 4 is 35.0 Å². The maximum Gasteiger partial charge on any atom is 0.269 e. The molecule has 3 aromatic rings. The Kier molecular flexibility index (Phi) is 4.36. The van der Waals surface area contributed by atoms with Gasteiger partial charge in [0.1, 0.15) is 11.6 Å². The molecule has 1 atom stereocenters. The van der Waals surface area contributed by atoms with Crippen LogP contribution in [-0.4, -0.2) is 17.6 Å². The van der Waals surface area contributed by atoms with Crippen molar-refractivity contribution in [2.75, 3.05) is 15.6 Å². The summed E-state index contributed by atoms with van der Waals surface area (Å²) in [6.45, 7) is 0.182. The summed E-state index contributed by atoms with van der Waals surface area (Å²) in [5.74, 6) is -1.15. The van der Waals surface area contributed by atoms with Gasteiger partial charge in [0.2, 0.25) is 10.8 Å². The van der Waals surface area contributed by atoms with E-state index in [2.05, 4.69) is 0 Å². The van der Waals surface area contributed by atoms with Crippen LogP contribution in [0.4, 0.5) is 20.2 Å². The molecule has 2 aliphatic heterocycles. The maximum atomic E-state index is 13.8. The minimum absolute atomic E-state index is 0.130. The Morgan fingerprint density at radius 1 is 0.900 bits per heavy atom. The number of thioether (sulfide) groups is 1. The van der Waals surface area contributed by atoms with Gasteiger partial charge in [-0.1, -0.05) is 30.3 Å². The molecule has 0 N–H and O–H groups in total. The first-order valence-corrected chi connectivity index (χ1v) is 10.4. The van der Waals surface area contributed by atoms with E-state index in [1.54, 1.807) is 17.0 Å². The van der Waals surface area contributed by atoms with Crippen molar-refractivity contribution in [3.8, 4) is 0 Å². The van der Waals surface area contributed by atoms with Crippen molar-refractivity contribution in [1.82, 2.24) is 0 Å². The monoisotopic (exact) mass is 422 g/mol. The molecule has 1 fully saturated rings. The summed E-state index contributed by atoms with van der Waals surface area (Å²) < 4.78 is 27.2. The van der Waals surface area contributed by atoms with Gasteiger partial charge in [-0.3, -0.25) is 14.5 Å². The largest absolute Gasteiger partial charge is 0.304 e. The molecule has 0 aliphatic carbocycles. The number of para-hydroxylation sites is 1. The summed E-state index contributed by atoms with van der Waals surface area (Å²) in [5.41, 5.74) is 2.49. The van der Waals surface area contributed by atoms with Crippen LogP contribution in [0.1, 0.15) is 11.1 Å². The summed E-state index contributed by atoms with van der Waals surface area (Å²) in [6.07, 6.45) is 0. The van der Waals surface area contributed by atoms with Crippen molar-refractivity contribution in [2.45, 2.75) is 11.4 Å². The van der Waals surface area contributed by atoms with E-state index in [1.807, 2.05) is 24.3 Å². The van der Waals surface area contributed by atoms with Gasteiger partial charge < -0.3 is 4.90 Å². The van der Waals surface area contributed by atoms with Crippen LogP contribution in [0.5, 0.6) is 0 Å². The number of hydrogen-bond acceptors (Lipinski definition) is 3. The van der Waals surface area contributed by atoms with Crippen molar-refractivity contribution < 1.29 is 18.4 Å². The van der Waals surface area contributed by atoms with E-state index in [0.717, 1.165) is 0 Å². The minimum atomic E-state index is -1.27. The Morgan fingerprint density at radius 2 is 1.67 bits per heavy atom. The fraction of sp³-hybridized carbons (Fsp3) is 0.130. The summed E-state index contributed by atoms with van der Waals surface area (Å²) in [6, 6.07) is 19.0. The second-order valence-corrected chi connectivity index (χ2v) is 8.34. The molecule has 0 saturated carbocycles. The molecule has 2 amide bonds. The Labute approximate surface area is 176 Å². The molecule has 5 rings (SSSR count). The number of carbonyl (C=O) groups excluding carboxylic acids is 2. The van der Waals surface area contributed by atoms with E-state index in [9.17, 15) is 18.4 Å². The van der Waals surface area contributed by atoms with E-state index < -0.39 is 10.7 Å². The van der Waals surface area contributed by atoms with Gasteiger partial charge >= 0.3 is 0 Å². The highest BCUT2D eigenvalue weighted by Crippen LogP contribution is 2.55. The van der Waals surface area contributed by atoms with Gasteiger partial charge in [0, 0.05) is 11.3 Å². The lowest BCUT2D eigenvalue weighted by molar-refractivity contribution is -0.123. The van der Waals surface area contributed by atoms with E-state index in [4.69, 9.17) is 0 Å². The maximum absolute atomic E-state index is 13.8. The number of halogens is 2. The van der Waals surface area contributed by atoms with Crippen LogP contribution < -0.4 is 9.80 Å². The summed E-state index contributed by atoms with van der Waals surface area (Å²) in [5, 5.41) is 0. The second kappa shape index (κ2) is 6.95. The normalized spacial score (nSPS) is 20.3. The van der Waals surface area contributed by atoms with Gasteiger partial charge in [-0.15, -0.1) is 11.8 Å². The van der Waals surface area contributed by atoms with Gasteiger partial charge in [0.05, 0.1) is 18.0 Å². The van der Waals surface area contributed by atoms with Gasteiger partial charge in [0.15, 0.2) is 0 Å². The number of anilines is 2. The van der Waals surface area contributed by atoms with Gasteiger partial charge in [-0.2, -0.15) is 0 Å². The third-order valence-corrected chi connectivity index (χ3v) is 6.76. The zero-order chi connectivity index (χ0) is 20.9. The van der Waals surface area contributed by atoms with Crippen LogP contribution in [0.15, 0.2) is 72.8 Å². The lowest BCUT2D eigenvalue weighted by atomic mass is 10.0. The lowest BCUT2D eigenvalue weighted by Gasteiger charge is -2.33. The first-order valence-electron chi connectivity index (χ1n) is 9.39. The van der Waals surface area contributed by atoms with Crippen LogP contribution in [-0.2, 0) is 21.0 Å². The fourth-order valence-corrected chi connectivity index (χ4v) is 5.48. The molecule has 150 valence electrons. The van der Waals surface area contributed by atoms with E-state index in [-0.39, 0.29) is 29.9 Å². The van der Waals surface area contributed by atoms with Crippen LogP contribution in [0.2, 0.25) is 0 Å². The van der Waals surface area contributed by atoms with Crippen LogP contribution in [0, 0.1) is 11.6 Å². The molecule has 30 heavy (non-hydrogen) atoms. The molecule has 1 unspecified atom stereocenters. The Bertz CT molecular complexity index is 1170. The van der Waals surface area contributed by atoms with Gasteiger partial charge in [-0.25, -0.2) is 8.78 Å². The molecule has 1 spiro atoms. The number of amides is 2. The lowest BCUT2D eigenvalue weighted by Crippen LogP contribution is -2.49. The Hall–Kier alpha value is -3.19. The molecule has 1 saturated heterocycles. The van der Waals surface area contributed by atoms with Crippen molar-refractivity contribution in [2.24, 2.45) is 0 Å². The number of fused-ring (bicyclic) bond motifs is 2. The molecule has 0 bridgehead atoms. The quantitative estimate of drug-likeness (QED) is 0.627. The average molecular weight is 422 g/mol. The highest BCUT2D eigenvalue weighted by Gasteiger charge is 2.60. The molecule has 0 radical (unpaired) electrons. The minimum Gasteiger partial charge on any atom is -0.304 e. The highest BCUT2D eigenvalue weighted by molar-refractivity contribution is 8.02. The topological polar surface area (TPSA) is 40.6 Å². The molecule has 7 heteroatoms.